The van der Waals surface area contributed by atoms with Crippen LogP contribution in [0.5, 0.6) is 0 Å². The summed E-state index contributed by atoms with van der Waals surface area (Å²) in [7, 11) is 0. The minimum atomic E-state index is -0.379. The van der Waals surface area contributed by atoms with Gasteiger partial charge in [-0.05, 0) is 31.9 Å². The van der Waals surface area contributed by atoms with E-state index in [1.54, 1.807) is 4.90 Å². The lowest BCUT2D eigenvalue weighted by atomic mass is 10.4. The molecule has 1 amide bonds. The van der Waals surface area contributed by atoms with Crippen LogP contribution in [0, 0.1) is 6.92 Å². The number of rotatable bonds is 5. The molecule has 94 valence electrons. The van der Waals surface area contributed by atoms with Crippen molar-refractivity contribution in [3.05, 3.63) is 23.7 Å². The molecule has 0 saturated heterocycles. The fraction of sp³-hybridized carbons (Fsp3) is 0.583. The predicted octanol–water partition coefficient (Wildman–Crippen LogP) is 1.68. The van der Waals surface area contributed by atoms with Crippen LogP contribution in [0.2, 0.25) is 0 Å². The Labute approximate surface area is 100.0 Å². The maximum atomic E-state index is 11.7. The molecule has 1 aliphatic carbocycles. The van der Waals surface area contributed by atoms with Gasteiger partial charge < -0.3 is 14.3 Å². The van der Waals surface area contributed by atoms with Crippen LogP contribution in [0.4, 0.5) is 4.79 Å². The van der Waals surface area contributed by atoms with Gasteiger partial charge in [0.1, 0.15) is 18.1 Å². The molecule has 1 N–H and O–H groups in total. The highest BCUT2D eigenvalue weighted by atomic mass is 16.6. The average Bonchev–Trinajstić information content (AvgIpc) is 3.07. The van der Waals surface area contributed by atoms with E-state index in [1.807, 2.05) is 19.1 Å². The normalized spacial score (nSPS) is 14.7. The summed E-state index contributed by atoms with van der Waals surface area (Å²) in [5, 5.41) is 8.63. The van der Waals surface area contributed by atoms with E-state index in [4.69, 9.17) is 14.3 Å². The fourth-order valence-corrected chi connectivity index (χ4v) is 1.68. The van der Waals surface area contributed by atoms with Gasteiger partial charge in [0.2, 0.25) is 0 Å². The second-order valence-electron chi connectivity index (χ2n) is 4.21. The number of hydrogen-bond donors (Lipinski definition) is 1. The average molecular weight is 239 g/mol. The number of hydrogen-bond acceptors (Lipinski definition) is 4. The topological polar surface area (TPSA) is 62.9 Å². The van der Waals surface area contributed by atoms with Gasteiger partial charge in [-0.1, -0.05) is 0 Å². The number of aryl methyl sites for hydroxylation is 1. The molecule has 1 aliphatic rings. The number of aliphatic hydroxyl groups is 1. The Kier molecular flexibility index (Phi) is 3.68. The largest absolute Gasteiger partial charge is 0.464 e. The molecule has 0 unspecified atom stereocenters. The molecular weight excluding hydrogens is 222 g/mol. The van der Waals surface area contributed by atoms with Gasteiger partial charge in [-0.25, -0.2) is 4.79 Å². The number of nitrogens with zero attached hydrogens (tertiary/aromatic N) is 1. The molecule has 5 nitrogen and oxygen atoms in total. The third kappa shape index (κ3) is 3.23. The maximum absolute atomic E-state index is 11.7. The summed E-state index contributed by atoms with van der Waals surface area (Å²) in [6.07, 6.45) is 1.64. The van der Waals surface area contributed by atoms with E-state index >= 15 is 0 Å². The summed E-state index contributed by atoms with van der Waals surface area (Å²) in [5.74, 6) is 1.59. The Morgan fingerprint density at radius 1 is 1.59 bits per heavy atom. The van der Waals surface area contributed by atoms with Gasteiger partial charge in [0, 0.05) is 6.04 Å². The van der Waals surface area contributed by atoms with E-state index in [1.165, 1.54) is 0 Å². The number of carbonyl (C=O) groups excluding carboxylic acids is 1. The van der Waals surface area contributed by atoms with E-state index < -0.39 is 0 Å². The van der Waals surface area contributed by atoms with Crippen LogP contribution >= 0.6 is 0 Å². The SMILES string of the molecule is Cc1ccc(CN(C(=O)OCCO)C2CC2)o1. The van der Waals surface area contributed by atoms with Crippen molar-refractivity contribution in [3.63, 3.8) is 0 Å². The van der Waals surface area contributed by atoms with Crippen molar-refractivity contribution in [3.8, 4) is 0 Å². The second-order valence-corrected chi connectivity index (χ2v) is 4.21. The zero-order valence-corrected chi connectivity index (χ0v) is 9.89. The number of ether oxygens (including phenoxy) is 1. The predicted molar refractivity (Wildman–Crippen MR) is 60.4 cm³/mol. The van der Waals surface area contributed by atoms with Gasteiger partial charge in [0.25, 0.3) is 0 Å². The van der Waals surface area contributed by atoms with Crippen molar-refractivity contribution < 1.29 is 19.1 Å². The van der Waals surface area contributed by atoms with Gasteiger partial charge >= 0.3 is 6.09 Å². The van der Waals surface area contributed by atoms with Crippen molar-refractivity contribution in [1.29, 1.82) is 0 Å². The molecule has 5 heteroatoms. The van der Waals surface area contributed by atoms with Crippen molar-refractivity contribution in [2.45, 2.75) is 32.4 Å². The van der Waals surface area contributed by atoms with Crippen LogP contribution < -0.4 is 0 Å². The Morgan fingerprint density at radius 2 is 2.35 bits per heavy atom. The molecule has 0 radical (unpaired) electrons. The van der Waals surface area contributed by atoms with Crippen LogP contribution in [0.25, 0.3) is 0 Å². The van der Waals surface area contributed by atoms with Crippen molar-refractivity contribution in [1.82, 2.24) is 4.90 Å². The Morgan fingerprint density at radius 3 is 2.88 bits per heavy atom. The third-order valence-electron chi connectivity index (χ3n) is 2.66. The Hall–Kier alpha value is -1.49. The summed E-state index contributed by atoms with van der Waals surface area (Å²) in [5.41, 5.74) is 0. The highest BCUT2D eigenvalue weighted by Crippen LogP contribution is 2.29. The van der Waals surface area contributed by atoms with Crippen molar-refractivity contribution >= 4 is 6.09 Å². The molecule has 2 rings (SSSR count). The quantitative estimate of drug-likeness (QED) is 0.849. The van der Waals surface area contributed by atoms with Gasteiger partial charge in [-0.3, -0.25) is 4.90 Å². The van der Waals surface area contributed by atoms with E-state index in [0.717, 1.165) is 24.4 Å². The first kappa shape index (κ1) is 12.0. The highest BCUT2D eigenvalue weighted by molar-refractivity contribution is 5.68. The van der Waals surface area contributed by atoms with E-state index in [9.17, 15) is 4.79 Å². The molecule has 1 heterocycles. The van der Waals surface area contributed by atoms with Crippen LogP contribution in [0.1, 0.15) is 24.4 Å². The lowest BCUT2D eigenvalue weighted by Crippen LogP contribution is -2.33. The van der Waals surface area contributed by atoms with Crippen molar-refractivity contribution in [2.24, 2.45) is 0 Å². The molecular formula is C12H17NO4. The third-order valence-corrected chi connectivity index (χ3v) is 2.66. The van der Waals surface area contributed by atoms with Crippen LogP contribution in [0.15, 0.2) is 16.5 Å². The zero-order valence-electron chi connectivity index (χ0n) is 9.89. The summed E-state index contributed by atoms with van der Waals surface area (Å²) in [4.78, 5) is 13.4. The van der Waals surface area contributed by atoms with Crippen LogP contribution in [0.3, 0.4) is 0 Å². The summed E-state index contributed by atoms with van der Waals surface area (Å²) >= 11 is 0. The molecule has 0 bridgehead atoms. The molecule has 1 fully saturated rings. The lowest BCUT2D eigenvalue weighted by molar-refractivity contribution is 0.0775. The first-order valence-corrected chi connectivity index (χ1v) is 5.80. The first-order valence-electron chi connectivity index (χ1n) is 5.80. The molecule has 1 saturated carbocycles. The summed E-state index contributed by atoms with van der Waals surface area (Å²) < 4.78 is 10.4. The molecule has 0 aliphatic heterocycles. The van der Waals surface area contributed by atoms with Gasteiger partial charge in [-0.15, -0.1) is 0 Å². The maximum Gasteiger partial charge on any atom is 0.410 e. The van der Waals surface area contributed by atoms with E-state index in [-0.39, 0.29) is 25.3 Å². The Balaban J connectivity index is 1.95. The number of aliphatic hydroxyl groups excluding tert-OH is 1. The smallest absolute Gasteiger partial charge is 0.410 e. The molecule has 0 atom stereocenters. The minimum Gasteiger partial charge on any atom is -0.464 e. The molecule has 0 spiro atoms. The van der Waals surface area contributed by atoms with Gasteiger partial charge in [0.15, 0.2) is 0 Å². The van der Waals surface area contributed by atoms with Gasteiger partial charge in [-0.2, -0.15) is 0 Å². The summed E-state index contributed by atoms with van der Waals surface area (Å²) in [6.45, 7) is 2.20. The Bertz CT molecular complexity index is 384. The fourth-order valence-electron chi connectivity index (χ4n) is 1.68. The minimum absolute atomic E-state index is 0.0409. The molecule has 17 heavy (non-hydrogen) atoms. The van der Waals surface area contributed by atoms with Gasteiger partial charge in [0.05, 0.1) is 13.2 Å². The number of carbonyl (C=O) groups is 1. The number of furan rings is 1. The van der Waals surface area contributed by atoms with E-state index in [2.05, 4.69) is 0 Å². The van der Waals surface area contributed by atoms with Crippen LogP contribution in [-0.2, 0) is 11.3 Å². The molecule has 0 aromatic carbocycles. The first-order chi connectivity index (χ1) is 8.20. The molecule has 1 aromatic heterocycles. The highest BCUT2D eigenvalue weighted by Gasteiger charge is 2.34. The second kappa shape index (κ2) is 5.23. The van der Waals surface area contributed by atoms with Crippen molar-refractivity contribution in [2.75, 3.05) is 13.2 Å². The number of amides is 1. The van der Waals surface area contributed by atoms with E-state index in [0.29, 0.717) is 6.54 Å². The molecule has 1 aromatic rings. The van der Waals surface area contributed by atoms with Crippen LogP contribution in [-0.4, -0.2) is 35.4 Å². The monoisotopic (exact) mass is 239 g/mol. The standard InChI is InChI=1S/C12H17NO4/c1-9-2-5-11(17-9)8-13(10-3-4-10)12(15)16-7-6-14/h2,5,10,14H,3-4,6-8H2,1H3. The zero-order chi connectivity index (χ0) is 12.3. The lowest BCUT2D eigenvalue weighted by Gasteiger charge is -2.20. The summed E-state index contributed by atoms with van der Waals surface area (Å²) in [6, 6.07) is 4.00.